The lowest BCUT2D eigenvalue weighted by molar-refractivity contribution is -0.290. The molecule has 2 N–H and O–H groups in total. The quantitative estimate of drug-likeness (QED) is 0.466. The van der Waals surface area contributed by atoms with E-state index in [2.05, 4.69) is 0 Å². The van der Waals surface area contributed by atoms with Crippen molar-refractivity contribution in [1.29, 1.82) is 0 Å². The Hall–Kier alpha value is -1.92. The van der Waals surface area contributed by atoms with Crippen LogP contribution in [0.3, 0.4) is 0 Å². The number of rotatable bonds is 2. The molecule has 0 aliphatic carbocycles. The highest BCUT2D eigenvalue weighted by molar-refractivity contribution is 6.02. The molecule has 0 fully saturated rings. The topological polar surface area (TPSA) is 26.0 Å². The van der Waals surface area contributed by atoms with E-state index in [-0.39, 0.29) is 18.0 Å². The lowest BCUT2D eigenvalue weighted by Crippen LogP contribution is -2.46. The van der Waals surface area contributed by atoms with E-state index < -0.39 is 18.1 Å². The second kappa shape index (κ2) is 6.18. The molecule has 0 amide bonds. The summed E-state index contributed by atoms with van der Waals surface area (Å²) in [6.07, 6.45) is -5.72. The third-order valence-corrected chi connectivity index (χ3v) is 3.89. The van der Waals surface area contributed by atoms with Gasteiger partial charge in [-0.3, -0.25) is 0 Å². The fourth-order valence-corrected chi connectivity index (χ4v) is 2.74. The van der Waals surface area contributed by atoms with Crippen molar-refractivity contribution < 1.29 is 22.0 Å². The Morgan fingerprint density at radius 1 is 0.750 bits per heavy atom. The van der Waals surface area contributed by atoms with E-state index in [0.29, 0.717) is 21.5 Å². The van der Waals surface area contributed by atoms with Gasteiger partial charge >= 0.3 is 12.1 Å². The van der Waals surface area contributed by atoms with E-state index in [0.717, 1.165) is 0 Å². The lowest BCUT2D eigenvalue weighted by Gasteiger charge is -2.28. The molecule has 3 rings (SSSR count). The summed E-state index contributed by atoms with van der Waals surface area (Å²) >= 11 is 0. The first-order chi connectivity index (χ1) is 10.7. The van der Waals surface area contributed by atoms with Crippen LogP contribution in [0.1, 0.15) is 11.6 Å². The minimum Gasteiger partial charge on any atom is -0.319 e. The Kier molecular flexibility index (Phi) is 4.74. The minimum absolute atomic E-state index is 0. The summed E-state index contributed by atoms with van der Waals surface area (Å²) < 4.78 is 65.9. The van der Waals surface area contributed by atoms with Gasteiger partial charge in [0.25, 0.3) is 0 Å². The van der Waals surface area contributed by atoms with Crippen LogP contribution in [0.5, 0.6) is 0 Å². The second-order valence-corrected chi connectivity index (χ2v) is 5.33. The van der Waals surface area contributed by atoms with Gasteiger partial charge in [0.05, 0.1) is 0 Å². The standard InChI is InChI=1S/C17H12F5N.ClH/c18-16(19,17(20,21)22)15(23)14-12-7-3-1-5-10(12)9-11-6-2-4-8-13(11)14;/h1-9,15H,23H2;1H/t15-;/m1./s1. The predicted octanol–water partition coefficient (Wildman–Crippen LogP) is 5.61. The summed E-state index contributed by atoms with van der Waals surface area (Å²) in [5.74, 6) is -5.03. The highest BCUT2D eigenvalue weighted by Crippen LogP contribution is 2.46. The monoisotopic (exact) mass is 361 g/mol. The van der Waals surface area contributed by atoms with Crippen molar-refractivity contribution in [2.75, 3.05) is 0 Å². The molecule has 0 saturated carbocycles. The van der Waals surface area contributed by atoms with Gasteiger partial charge in [-0.1, -0.05) is 48.5 Å². The molecular weight excluding hydrogens is 349 g/mol. The van der Waals surface area contributed by atoms with Gasteiger partial charge in [-0.2, -0.15) is 22.0 Å². The first-order valence-corrected chi connectivity index (χ1v) is 6.84. The van der Waals surface area contributed by atoms with Gasteiger partial charge in [0.2, 0.25) is 0 Å². The van der Waals surface area contributed by atoms with Crippen LogP contribution < -0.4 is 5.73 Å². The molecule has 128 valence electrons. The molecule has 0 aliphatic rings. The van der Waals surface area contributed by atoms with Crippen LogP contribution in [-0.2, 0) is 0 Å². The Morgan fingerprint density at radius 3 is 1.58 bits per heavy atom. The second-order valence-electron chi connectivity index (χ2n) is 5.33. The number of halogens is 6. The number of hydrogen-bond acceptors (Lipinski definition) is 1. The summed E-state index contributed by atoms with van der Waals surface area (Å²) in [6.45, 7) is 0. The summed E-state index contributed by atoms with van der Waals surface area (Å²) in [4.78, 5) is 0. The first-order valence-electron chi connectivity index (χ1n) is 6.84. The zero-order chi connectivity index (χ0) is 16.8. The predicted molar refractivity (Wildman–Crippen MR) is 86.6 cm³/mol. The third-order valence-electron chi connectivity index (χ3n) is 3.89. The van der Waals surface area contributed by atoms with Crippen molar-refractivity contribution in [3.8, 4) is 0 Å². The summed E-state index contributed by atoms with van der Waals surface area (Å²) in [6, 6.07) is 12.1. The highest BCUT2D eigenvalue weighted by atomic mass is 35.5. The van der Waals surface area contributed by atoms with Crippen molar-refractivity contribution in [2.45, 2.75) is 18.1 Å². The summed E-state index contributed by atoms with van der Waals surface area (Å²) in [5.41, 5.74) is 5.23. The van der Waals surface area contributed by atoms with Crippen LogP contribution in [-0.4, -0.2) is 12.1 Å². The van der Waals surface area contributed by atoms with Crippen LogP contribution in [0.2, 0.25) is 0 Å². The van der Waals surface area contributed by atoms with Gasteiger partial charge in [0.15, 0.2) is 0 Å². The summed E-state index contributed by atoms with van der Waals surface area (Å²) in [7, 11) is 0. The van der Waals surface area contributed by atoms with Crippen LogP contribution in [0.15, 0.2) is 54.6 Å². The molecule has 7 heteroatoms. The van der Waals surface area contributed by atoms with Crippen molar-refractivity contribution in [2.24, 2.45) is 5.73 Å². The number of benzene rings is 3. The molecule has 0 bridgehead atoms. The number of nitrogens with two attached hydrogens (primary N) is 1. The molecule has 0 aliphatic heterocycles. The molecule has 3 aromatic rings. The Bertz CT molecular complexity index is 822. The molecule has 1 nitrogen and oxygen atoms in total. The van der Waals surface area contributed by atoms with Crippen LogP contribution in [0, 0.1) is 0 Å². The van der Waals surface area contributed by atoms with E-state index in [9.17, 15) is 22.0 Å². The number of alkyl halides is 5. The molecule has 0 saturated heterocycles. The maximum Gasteiger partial charge on any atom is 0.455 e. The Morgan fingerprint density at radius 2 is 1.17 bits per heavy atom. The third kappa shape index (κ3) is 2.80. The van der Waals surface area contributed by atoms with Crippen molar-refractivity contribution in [1.82, 2.24) is 0 Å². The van der Waals surface area contributed by atoms with E-state index in [1.807, 2.05) is 0 Å². The average Bonchev–Trinajstić information content (AvgIpc) is 2.50. The summed E-state index contributed by atoms with van der Waals surface area (Å²) in [5, 5.41) is 1.72. The lowest BCUT2D eigenvalue weighted by atomic mass is 9.89. The minimum atomic E-state index is -5.72. The van der Waals surface area contributed by atoms with E-state index in [4.69, 9.17) is 5.73 Å². The molecule has 24 heavy (non-hydrogen) atoms. The molecule has 0 spiro atoms. The molecule has 0 heterocycles. The highest BCUT2D eigenvalue weighted by Gasteiger charge is 2.62. The van der Waals surface area contributed by atoms with Crippen molar-refractivity contribution in [3.63, 3.8) is 0 Å². The molecule has 1 atom stereocenters. The molecule has 0 unspecified atom stereocenters. The van der Waals surface area contributed by atoms with Gasteiger partial charge in [0, 0.05) is 0 Å². The van der Waals surface area contributed by atoms with Crippen LogP contribution in [0.4, 0.5) is 22.0 Å². The van der Waals surface area contributed by atoms with Crippen molar-refractivity contribution in [3.05, 3.63) is 60.2 Å². The average molecular weight is 362 g/mol. The largest absolute Gasteiger partial charge is 0.455 e. The maximum atomic E-state index is 13.8. The fourth-order valence-electron chi connectivity index (χ4n) is 2.74. The van der Waals surface area contributed by atoms with Gasteiger partial charge in [-0.05, 0) is 33.2 Å². The Balaban J connectivity index is 0.00000208. The number of hydrogen-bond donors (Lipinski definition) is 1. The van der Waals surface area contributed by atoms with E-state index in [1.54, 1.807) is 42.5 Å². The van der Waals surface area contributed by atoms with Gasteiger partial charge in [0.1, 0.15) is 6.04 Å². The zero-order valence-electron chi connectivity index (χ0n) is 12.1. The van der Waals surface area contributed by atoms with Crippen LogP contribution >= 0.6 is 12.4 Å². The van der Waals surface area contributed by atoms with E-state index >= 15 is 0 Å². The smallest absolute Gasteiger partial charge is 0.319 e. The van der Waals surface area contributed by atoms with Gasteiger partial charge < -0.3 is 5.73 Å². The molecule has 0 radical (unpaired) electrons. The van der Waals surface area contributed by atoms with Gasteiger partial charge in [-0.25, -0.2) is 0 Å². The van der Waals surface area contributed by atoms with Crippen LogP contribution in [0.25, 0.3) is 21.5 Å². The molecule has 0 aromatic heterocycles. The Labute approximate surface area is 140 Å². The number of fused-ring (bicyclic) bond motifs is 2. The molecular formula is C17H13ClF5N. The first kappa shape index (κ1) is 18.4. The SMILES string of the molecule is Cl.N[C@H](c1c2ccccc2cc2ccccc12)C(F)(F)C(F)(F)F. The normalized spacial score (nSPS) is 13.8. The van der Waals surface area contributed by atoms with E-state index in [1.165, 1.54) is 12.1 Å². The fraction of sp³-hybridized carbons (Fsp3) is 0.176. The zero-order valence-corrected chi connectivity index (χ0v) is 13.0. The van der Waals surface area contributed by atoms with Gasteiger partial charge in [-0.15, -0.1) is 12.4 Å². The molecule has 3 aromatic carbocycles. The maximum absolute atomic E-state index is 13.8. The van der Waals surface area contributed by atoms with Crippen molar-refractivity contribution >= 4 is 34.0 Å².